The highest BCUT2D eigenvalue weighted by atomic mass is 35.5. The Morgan fingerprint density at radius 1 is 1.25 bits per heavy atom. The summed E-state index contributed by atoms with van der Waals surface area (Å²) in [6, 6.07) is 8.87. The number of aryl methyl sites for hydroxylation is 1. The van der Waals surface area contributed by atoms with Crippen molar-refractivity contribution in [3.63, 3.8) is 0 Å². The second-order valence-electron chi connectivity index (χ2n) is 7.17. The first-order valence-electron chi connectivity index (χ1n) is 7.87. The highest BCUT2D eigenvalue weighted by Crippen LogP contribution is 2.45. The third kappa shape index (κ3) is 2.63. The van der Waals surface area contributed by atoms with Crippen molar-refractivity contribution in [3.8, 4) is 0 Å². The summed E-state index contributed by atoms with van der Waals surface area (Å²) in [5.41, 5.74) is 3.15. The highest BCUT2D eigenvalue weighted by molar-refractivity contribution is 6.18. The SMILES string of the molecule is CC1(C)CCC(CC2(CCl)CCCc3ccccc32)O1. The van der Waals surface area contributed by atoms with Crippen LogP contribution in [0.2, 0.25) is 0 Å². The Kier molecular flexibility index (Phi) is 3.85. The molecule has 1 saturated heterocycles. The van der Waals surface area contributed by atoms with Crippen LogP contribution in [-0.2, 0) is 16.6 Å². The zero-order valence-corrected chi connectivity index (χ0v) is 13.4. The Morgan fingerprint density at radius 3 is 2.75 bits per heavy atom. The van der Waals surface area contributed by atoms with E-state index in [0.29, 0.717) is 12.0 Å². The lowest BCUT2D eigenvalue weighted by atomic mass is 9.68. The van der Waals surface area contributed by atoms with Crippen molar-refractivity contribution in [2.45, 2.75) is 69.5 Å². The molecule has 1 fully saturated rings. The molecule has 0 saturated carbocycles. The molecule has 0 radical (unpaired) electrons. The van der Waals surface area contributed by atoms with E-state index in [2.05, 4.69) is 38.1 Å². The van der Waals surface area contributed by atoms with Crippen LogP contribution in [-0.4, -0.2) is 17.6 Å². The Labute approximate surface area is 127 Å². The van der Waals surface area contributed by atoms with Crippen LogP contribution < -0.4 is 0 Å². The molecule has 2 unspecified atom stereocenters. The fourth-order valence-corrected chi connectivity index (χ4v) is 4.46. The summed E-state index contributed by atoms with van der Waals surface area (Å²) in [5.74, 6) is 0.713. The molecule has 0 amide bonds. The molecule has 2 heteroatoms. The molecule has 2 aliphatic rings. The van der Waals surface area contributed by atoms with E-state index >= 15 is 0 Å². The smallest absolute Gasteiger partial charge is 0.0631 e. The molecule has 3 rings (SSSR count). The van der Waals surface area contributed by atoms with Crippen molar-refractivity contribution in [1.82, 2.24) is 0 Å². The van der Waals surface area contributed by atoms with Crippen molar-refractivity contribution in [3.05, 3.63) is 35.4 Å². The van der Waals surface area contributed by atoms with Gasteiger partial charge < -0.3 is 4.74 Å². The molecule has 1 heterocycles. The van der Waals surface area contributed by atoms with E-state index in [1.54, 1.807) is 0 Å². The first-order valence-corrected chi connectivity index (χ1v) is 8.40. The molecule has 1 aromatic carbocycles. The summed E-state index contributed by atoms with van der Waals surface area (Å²) in [7, 11) is 0. The Morgan fingerprint density at radius 2 is 2.05 bits per heavy atom. The minimum Gasteiger partial charge on any atom is -0.372 e. The molecule has 2 atom stereocenters. The zero-order valence-electron chi connectivity index (χ0n) is 12.6. The van der Waals surface area contributed by atoms with Crippen molar-refractivity contribution < 1.29 is 4.74 Å². The molecule has 1 aromatic rings. The second-order valence-corrected chi connectivity index (χ2v) is 7.43. The molecular weight excluding hydrogens is 268 g/mol. The van der Waals surface area contributed by atoms with Crippen LogP contribution in [0.4, 0.5) is 0 Å². The summed E-state index contributed by atoms with van der Waals surface area (Å²) >= 11 is 6.46. The summed E-state index contributed by atoms with van der Waals surface area (Å²) in [6.45, 7) is 4.41. The maximum atomic E-state index is 6.46. The fraction of sp³-hybridized carbons (Fsp3) is 0.667. The fourth-order valence-electron chi connectivity index (χ4n) is 4.07. The van der Waals surface area contributed by atoms with Crippen LogP contribution in [0.3, 0.4) is 0 Å². The third-order valence-corrected chi connectivity index (χ3v) is 5.63. The van der Waals surface area contributed by atoms with Crippen LogP contribution in [0.25, 0.3) is 0 Å². The lowest BCUT2D eigenvalue weighted by Gasteiger charge is -2.39. The number of alkyl halides is 1. The molecule has 1 nitrogen and oxygen atoms in total. The normalized spacial score (nSPS) is 32.0. The maximum Gasteiger partial charge on any atom is 0.0631 e. The highest BCUT2D eigenvalue weighted by Gasteiger charge is 2.41. The molecule has 1 aliphatic heterocycles. The minimum atomic E-state index is 0.0480. The van der Waals surface area contributed by atoms with Crippen LogP contribution in [0.5, 0.6) is 0 Å². The van der Waals surface area contributed by atoms with Gasteiger partial charge in [0, 0.05) is 11.3 Å². The number of ether oxygens (including phenoxy) is 1. The van der Waals surface area contributed by atoms with Crippen LogP contribution in [0, 0.1) is 0 Å². The molecule has 0 spiro atoms. The number of hydrogen-bond acceptors (Lipinski definition) is 1. The number of fused-ring (bicyclic) bond motifs is 1. The summed E-state index contributed by atoms with van der Waals surface area (Å²) in [5, 5.41) is 0. The topological polar surface area (TPSA) is 9.23 Å². The van der Waals surface area contributed by atoms with Gasteiger partial charge in [0.2, 0.25) is 0 Å². The van der Waals surface area contributed by atoms with Gasteiger partial charge in [0.15, 0.2) is 0 Å². The molecule has 20 heavy (non-hydrogen) atoms. The largest absolute Gasteiger partial charge is 0.372 e. The van der Waals surface area contributed by atoms with E-state index in [9.17, 15) is 0 Å². The van der Waals surface area contributed by atoms with Gasteiger partial charge in [-0.15, -0.1) is 11.6 Å². The van der Waals surface area contributed by atoms with Gasteiger partial charge in [0.25, 0.3) is 0 Å². The van der Waals surface area contributed by atoms with Crippen molar-refractivity contribution in [2.24, 2.45) is 0 Å². The third-order valence-electron chi connectivity index (χ3n) is 5.12. The number of rotatable bonds is 3. The van der Waals surface area contributed by atoms with Gasteiger partial charge in [-0.3, -0.25) is 0 Å². The average molecular weight is 293 g/mol. The maximum absolute atomic E-state index is 6.46. The average Bonchev–Trinajstić information content (AvgIpc) is 2.78. The number of hydrogen-bond donors (Lipinski definition) is 0. The number of halogens is 1. The Bertz CT molecular complexity index is 482. The minimum absolute atomic E-state index is 0.0480. The van der Waals surface area contributed by atoms with Gasteiger partial charge in [-0.25, -0.2) is 0 Å². The standard InChI is InChI=1S/C18H25ClO/c1-17(2)11-9-15(20-17)12-18(13-19)10-5-7-14-6-3-4-8-16(14)18/h3-4,6,8,15H,5,7,9-13H2,1-2H3. The Balaban J connectivity index is 1.86. The monoisotopic (exact) mass is 292 g/mol. The van der Waals surface area contributed by atoms with E-state index in [1.807, 2.05) is 0 Å². The molecule has 110 valence electrons. The van der Waals surface area contributed by atoms with Gasteiger partial charge in [0.05, 0.1) is 11.7 Å². The van der Waals surface area contributed by atoms with E-state index in [0.717, 1.165) is 12.8 Å². The summed E-state index contributed by atoms with van der Waals surface area (Å²) in [6.07, 6.45) is 7.44. The van der Waals surface area contributed by atoms with Gasteiger partial charge in [-0.2, -0.15) is 0 Å². The first kappa shape index (κ1) is 14.4. The number of benzene rings is 1. The molecule has 0 N–H and O–H groups in total. The van der Waals surface area contributed by atoms with E-state index < -0.39 is 0 Å². The van der Waals surface area contributed by atoms with Gasteiger partial charge in [-0.05, 0) is 63.5 Å². The van der Waals surface area contributed by atoms with E-state index in [4.69, 9.17) is 16.3 Å². The molecule has 1 aliphatic carbocycles. The molecule has 0 bridgehead atoms. The van der Waals surface area contributed by atoms with E-state index in [1.165, 1.54) is 36.8 Å². The van der Waals surface area contributed by atoms with Crippen LogP contribution in [0.1, 0.15) is 57.1 Å². The molecular formula is C18H25ClO. The van der Waals surface area contributed by atoms with Crippen molar-refractivity contribution in [2.75, 3.05) is 5.88 Å². The lowest BCUT2D eigenvalue weighted by Crippen LogP contribution is -2.37. The Hall–Kier alpha value is -0.530. The summed E-state index contributed by atoms with van der Waals surface area (Å²) < 4.78 is 6.23. The molecule has 0 aromatic heterocycles. The van der Waals surface area contributed by atoms with Gasteiger partial charge >= 0.3 is 0 Å². The van der Waals surface area contributed by atoms with Crippen molar-refractivity contribution in [1.29, 1.82) is 0 Å². The predicted octanol–water partition coefficient (Wildman–Crippen LogP) is 4.85. The van der Waals surface area contributed by atoms with E-state index in [-0.39, 0.29) is 11.0 Å². The first-order chi connectivity index (χ1) is 9.55. The predicted molar refractivity (Wildman–Crippen MR) is 84.6 cm³/mol. The quantitative estimate of drug-likeness (QED) is 0.724. The van der Waals surface area contributed by atoms with Crippen LogP contribution in [0.15, 0.2) is 24.3 Å². The van der Waals surface area contributed by atoms with Crippen molar-refractivity contribution >= 4 is 11.6 Å². The second kappa shape index (κ2) is 5.35. The van der Waals surface area contributed by atoms with Gasteiger partial charge in [0.1, 0.15) is 0 Å². The summed E-state index contributed by atoms with van der Waals surface area (Å²) in [4.78, 5) is 0. The lowest BCUT2D eigenvalue weighted by molar-refractivity contribution is -0.0273. The zero-order chi connectivity index (χ0) is 14.2. The van der Waals surface area contributed by atoms with Gasteiger partial charge in [-0.1, -0.05) is 24.3 Å². The van der Waals surface area contributed by atoms with Crippen LogP contribution >= 0.6 is 11.6 Å².